The van der Waals surface area contributed by atoms with Crippen molar-refractivity contribution >= 4 is 14.4 Å². The molecule has 2 aliphatic heterocycles. The maximum atomic E-state index is 12.3. The maximum absolute atomic E-state index is 12.3. The Morgan fingerprint density at radius 2 is 1.95 bits per heavy atom. The molecule has 0 aromatic rings. The minimum absolute atomic E-state index is 0.0692. The quantitative estimate of drug-likeness (QED) is 0.727. The molecular weight excluding hydrogens is 294 g/mol. The van der Waals surface area contributed by atoms with Crippen molar-refractivity contribution < 1.29 is 14.0 Å². The summed E-state index contributed by atoms with van der Waals surface area (Å²) in [6, 6.07) is 0.0692. The third-order valence-electron chi connectivity index (χ3n) is 5.64. The zero-order chi connectivity index (χ0) is 16.1. The van der Waals surface area contributed by atoms with Gasteiger partial charge < -0.3 is 9.16 Å². The minimum Gasteiger partial charge on any atom is -0.415 e. The number of hydrogen-bond donors (Lipinski definition) is 0. The minimum atomic E-state index is -1.83. The number of nitrogens with zero attached hydrogens (tertiary/aromatic N) is 1. The van der Waals surface area contributed by atoms with E-state index < -0.39 is 8.32 Å². The summed E-state index contributed by atoms with van der Waals surface area (Å²) in [4.78, 5) is 14.2. The monoisotopic (exact) mass is 323 g/mol. The van der Waals surface area contributed by atoms with Gasteiger partial charge in [-0.15, -0.1) is 0 Å². The maximum Gasteiger partial charge on any atom is 0.415 e. The van der Waals surface area contributed by atoms with Crippen LogP contribution in [0.1, 0.15) is 46.5 Å². The molecule has 1 amide bonds. The van der Waals surface area contributed by atoms with E-state index >= 15 is 0 Å². The highest BCUT2D eigenvalue weighted by atomic mass is 28.4. The van der Waals surface area contributed by atoms with Gasteiger partial charge in [0, 0.05) is 12.5 Å². The second-order valence-electron chi connectivity index (χ2n) is 8.45. The van der Waals surface area contributed by atoms with E-state index in [9.17, 15) is 4.79 Å². The predicted octanol–water partition coefficient (Wildman–Crippen LogP) is 4.29. The van der Waals surface area contributed by atoms with Gasteiger partial charge in [0.25, 0.3) is 0 Å². The molecule has 124 valence electrons. The molecule has 1 saturated heterocycles. The van der Waals surface area contributed by atoms with Gasteiger partial charge in [0.2, 0.25) is 0 Å². The summed E-state index contributed by atoms with van der Waals surface area (Å²) in [5, 5.41) is 0.188. The van der Waals surface area contributed by atoms with Gasteiger partial charge in [-0.3, -0.25) is 4.90 Å². The molecule has 2 atom stereocenters. The van der Waals surface area contributed by atoms with Crippen LogP contribution in [-0.4, -0.2) is 38.0 Å². The van der Waals surface area contributed by atoms with Crippen LogP contribution in [-0.2, 0) is 9.16 Å². The molecule has 0 N–H and O–H groups in total. The fourth-order valence-corrected chi connectivity index (χ4v) is 4.39. The third-order valence-corrected chi connectivity index (χ3v) is 10.1. The van der Waals surface area contributed by atoms with Crippen LogP contribution < -0.4 is 0 Å². The van der Waals surface area contributed by atoms with E-state index in [1.807, 2.05) is 4.90 Å². The van der Waals surface area contributed by atoms with Crippen molar-refractivity contribution in [3.63, 3.8) is 0 Å². The third kappa shape index (κ3) is 2.97. The van der Waals surface area contributed by atoms with Crippen molar-refractivity contribution in [2.45, 2.75) is 76.7 Å². The lowest BCUT2D eigenvalue weighted by Crippen LogP contribution is -2.57. The van der Waals surface area contributed by atoms with Crippen LogP contribution in [0.2, 0.25) is 18.1 Å². The summed E-state index contributed by atoms with van der Waals surface area (Å²) in [5.74, 6) is 1.37. The average molecular weight is 324 g/mol. The Bertz CT molecular complexity index is 491. The predicted molar refractivity (Wildman–Crippen MR) is 89.1 cm³/mol. The van der Waals surface area contributed by atoms with Gasteiger partial charge in [-0.05, 0) is 49.9 Å². The topological polar surface area (TPSA) is 38.8 Å². The van der Waals surface area contributed by atoms with Crippen LogP contribution >= 0.6 is 0 Å². The van der Waals surface area contributed by atoms with Crippen LogP contribution in [0, 0.1) is 5.92 Å². The SMILES string of the molecule is CC(C)(C)[Si](C)(C)O[C@H]1CCCN2C(=O)OC(C3CC3)=C[C@@H]12. The molecule has 0 bridgehead atoms. The van der Waals surface area contributed by atoms with Crippen molar-refractivity contribution in [1.82, 2.24) is 4.90 Å². The van der Waals surface area contributed by atoms with E-state index in [1.54, 1.807) is 0 Å². The number of piperidine rings is 1. The van der Waals surface area contributed by atoms with E-state index in [1.165, 1.54) is 0 Å². The normalized spacial score (nSPS) is 29.8. The zero-order valence-electron chi connectivity index (χ0n) is 14.5. The summed E-state index contributed by atoms with van der Waals surface area (Å²) in [5.41, 5.74) is 0. The van der Waals surface area contributed by atoms with Gasteiger partial charge in [0.1, 0.15) is 5.76 Å². The first-order valence-electron chi connectivity index (χ1n) is 8.57. The number of fused-ring (bicyclic) bond motifs is 1. The molecule has 22 heavy (non-hydrogen) atoms. The van der Waals surface area contributed by atoms with E-state index in [2.05, 4.69) is 39.9 Å². The van der Waals surface area contributed by atoms with Gasteiger partial charge in [-0.2, -0.15) is 0 Å². The van der Waals surface area contributed by atoms with Gasteiger partial charge in [0.05, 0.1) is 12.1 Å². The lowest BCUT2D eigenvalue weighted by atomic mass is 9.97. The molecule has 2 fully saturated rings. The first-order valence-corrected chi connectivity index (χ1v) is 11.5. The highest BCUT2D eigenvalue weighted by molar-refractivity contribution is 6.74. The number of carbonyl (C=O) groups is 1. The second kappa shape index (κ2) is 5.37. The number of hydrogen-bond acceptors (Lipinski definition) is 3. The Hall–Kier alpha value is -0.813. The number of amides is 1. The van der Waals surface area contributed by atoms with Crippen molar-refractivity contribution in [2.24, 2.45) is 5.92 Å². The number of allylic oxidation sites excluding steroid dienone is 1. The molecule has 4 nitrogen and oxygen atoms in total. The first kappa shape index (κ1) is 16.1. The number of ether oxygens (including phenoxy) is 1. The number of carbonyl (C=O) groups excluding carboxylic acids is 1. The van der Waals surface area contributed by atoms with Gasteiger partial charge in [-0.25, -0.2) is 4.79 Å². The van der Waals surface area contributed by atoms with Crippen LogP contribution in [0.4, 0.5) is 4.79 Å². The van der Waals surface area contributed by atoms with Gasteiger partial charge >= 0.3 is 6.09 Å². The largest absolute Gasteiger partial charge is 0.415 e. The van der Waals surface area contributed by atoms with Crippen molar-refractivity contribution in [3.05, 3.63) is 11.8 Å². The van der Waals surface area contributed by atoms with Crippen LogP contribution in [0.15, 0.2) is 11.8 Å². The smallest absolute Gasteiger partial charge is 0.415 e. The molecule has 0 unspecified atom stereocenters. The molecule has 3 aliphatic rings. The summed E-state index contributed by atoms with van der Waals surface area (Å²) < 4.78 is 12.2. The molecule has 5 heteroatoms. The Morgan fingerprint density at radius 3 is 2.55 bits per heavy atom. The molecule has 0 spiro atoms. The van der Waals surface area contributed by atoms with E-state index in [4.69, 9.17) is 9.16 Å². The highest BCUT2D eigenvalue weighted by Gasteiger charge is 2.46. The summed E-state index contributed by atoms with van der Waals surface area (Å²) in [6.45, 7) is 12.2. The summed E-state index contributed by atoms with van der Waals surface area (Å²) >= 11 is 0. The zero-order valence-corrected chi connectivity index (χ0v) is 15.5. The summed E-state index contributed by atoms with van der Waals surface area (Å²) in [6.07, 6.45) is 6.47. The second-order valence-corrected chi connectivity index (χ2v) is 13.2. The van der Waals surface area contributed by atoms with Crippen molar-refractivity contribution in [3.8, 4) is 0 Å². The van der Waals surface area contributed by atoms with E-state index in [0.717, 1.165) is 38.0 Å². The molecule has 3 rings (SSSR count). The molecule has 0 aromatic carbocycles. The Kier molecular flexibility index (Phi) is 3.92. The molecule has 2 heterocycles. The molecular formula is C17H29NO3Si. The fourth-order valence-electron chi connectivity index (χ4n) is 3.03. The van der Waals surface area contributed by atoms with Crippen LogP contribution in [0.5, 0.6) is 0 Å². The first-order chi connectivity index (χ1) is 10.2. The molecule has 0 aromatic heterocycles. The lowest BCUT2D eigenvalue weighted by molar-refractivity contribution is 0.0228. The molecule has 1 aliphatic carbocycles. The number of rotatable bonds is 3. The summed E-state index contributed by atoms with van der Waals surface area (Å²) in [7, 11) is -1.83. The lowest BCUT2D eigenvalue weighted by Gasteiger charge is -2.46. The van der Waals surface area contributed by atoms with Gasteiger partial charge in [-0.1, -0.05) is 20.8 Å². The van der Waals surface area contributed by atoms with Crippen molar-refractivity contribution in [1.29, 1.82) is 0 Å². The van der Waals surface area contributed by atoms with Crippen LogP contribution in [0.25, 0.3) is 0 Å². The Morgan fingerprint density at radius 1 is 1.27 bits per heavy atom. The van der Waals surface area contributed by atoms with Crippen LogP contribution in [0.3, 0.4) is 0 Å². The average Bonchev–Trinajstić information content (AvgIpc) is 3.22. The Labute approximate surface area is 135 Å². The molecule has 0 radical (unpaired) electrons. The van der Waals surface area contributed by atoms with Gasteiger partial charge in [0.15, 0.2) is 8.32 Å². The fraction of sp³-hybridized carbons (Fsp3) is 0.824. The standard InChI is InChI=1S/C17H29NO3Si/c1-17(2,3)22(4,5)21-14-7-6-10-18-13(14)11-15(12-8-9-12)20-16(18)19/h11-14H,6-10H2,1-5H3/t13-,14-/m0/s1. The molecule has 1 saturated carbocycles. The highest BCUT2D eigenvalue weighted by Crippen LogP contribution is 2.43. The van der Waals surface area contributed by atoms with E-state index in [0.29, 0.717) is 5.92 Å². The van der Waals surface area contributed by atoms with Crippen molar-refractivity contribution in [2.75, 3.05) is 6.54 Å². The Balaban J connectivity index is 1.82. The van der Waals surface area contributed by atoms with E-state index in [-0.39, 0.29) is 23.3 Å². The number of cyclic esters (lactones) is 1.